The summed E-state index contributed by atoms with van der Waals surface area (Å²) in [6.45, 7) is 4.38. The summed E-state index contributed by atoms with van der Waals surface area (Å²) in [6, 6.07) is 9.28. The second kappa shape index (κ2) is 6.98. The maximum atomic E-state index is 11.2. The third kappa shape index (κ3) is 3.46. The van der Waals surface area contributed by atoms with Crippen molar-refractivity contribution in [3.05, 3.63) is 42.5 Å². The highest BCUT2D eigenvalue weighted by atomic mass is 35.5. The summed E-state index contributed by atoms with van der Waals surface area (Å²) in [6.07, 6.45) is 1.98. The molecule has 1 fully saturated rings. The van der Waals surface area contributed by atoms with E-state index in [0.717, 1.165) is 16.5 Å². The number of carbonyl (C=O) groups is 1. The van der Waals surface area contributed by atoms with E-state index in [-0.39, 0.29) is 18.5 Å². The highest BCUT2D eigenvalue weighted by molar-refractivity contribution is 5.85. The fraction of sp³-hybridized carbons (Fsp3) is 0.294. The van der Waals surface area contributed by atoms with E-state index in [2.05, 4.69) is 11.6 Å². The Kier molecular flexibility index (Phi) is 5.23. The lowest BCUT2D eigenvalue weighted by Gasteiger charge is -2.15. The maximum Gasteiger partial charge on any atom is 0.321 e. The lowest BCUT2D eigenvalue weighted by Crippen LogP contribution is -2.32. The monoisotopic (exact) mass is 334 g/mol. The van der Waals surface area contributed by atoms with E-state index in [1.165, 1.54) is 0 Å². The molecule has 0 bridgehead atoms. The predicted molar refractivity (Wildman–Crippen MR) is 92.2 cm³/mol. The van der Waals surface area contributed by atoms with Gasteiger partial charge in [0.25, 0.3) is 0 Å². The summed E-state index contributed by atoms with van der Waals surface area (Å²) in [5.41, 5.74) is 1.67. The van der Waals surface area contributed by atoms with Crippen LogP contribution < -0.4 is 4.74 Å². The van der Waals surface area contributed by atoms with E-state index >= 15 is 0 Å². The number of fused-ring (bicyclic) bond motifs is 1. The standard InChI is InChI=1S/C17H18N2O3.ClH/c1-3-11-8-12-6-4-5-7-14(12)18-16(11)22-13-9-15(17(20)21)19(2)10-13;/h3-8,13,15H,1,9-10H2,2H3,(H,20,21);1H/t13-,15+;/m1./s1. The number of halogens is 1. The van der Waals surface area contributed by atoms with Crippen LogP contribution in [0.25, 0.3) is 17.0 Å². The van der Waals surface area contributed by atoms with Gasteiger partial charge in [0.15, 0.2) is 0 Å². The predicted octanol–water partition coefficient (Wildman–Crippen LogP) is 2.84. The molecule has 0 saturated carbocycles. The number of hydrogen-bond acceptors (Lipinski definition) is 4. The Balaban J connectivity index is 0.00000192. The smallest absolute Gasteiger partial charge is 0.321 e. The van der Waals surface area contributed by atoms with Gasteiger partial charge in [0.2, 0.25) is 5.88 Å². The first-order chi connectivity index (χ1) is 10.6. The third-order valence-corrected chi connectivity index (χ3v) is 4.01. The van der Waals surface area contributed by atoms with Crippen molar-refractivity contribution in [1.29, 1.82) is 0 Å². The molecule has 2 atom stereocenters. The lowest BCUT2D eigenvalue weighted by molar-refractivity contribution is -0.141. The molecule has 1 aliphatic heterocycles. The van der Waals surface area contributed by atoms with E-state index in [9.17, 15) is 9.90 Å². The van der Waals surface area contributed by atoms with Crippen molar-refractivity contribution in [2.45, 2.75) is 18.6 Å². The van der Waals surface area contributed by atoms with E-state index in [0.29, 0.717) is 18.8 Å². The van der Waals surface area contributed by atoms with E-state index in [4.69, 9.17) is 4.74 Å². The molecule has 5 nitrogen and oxygen atoms in total. The summed E-state index contributed by atoms with van der Waals surface area (Å²) in [5, 5.41) is 10.2. The Morgan fingerprint density at radius 1 is 1.48 bits per heavy atom. The highest BCUT2D eigenvalue weighted by Crippen LogP contribution is 2.27. The van der Waals surface area contributed by atoms with Crippen molar-refractivity contribution in [3.8, 4) is 5.88 Å². The van der Waals surface area contributed by atoms with Crippen LogP contribution in [0, 0.1) is 0 Å². The molecule has 1 N–H and O–H groups in total. The molecule has 0 radical (unpaired) electrons. The van der Waals surface area contributed by atoms with Crippen LogP contribution in [0.4, 0.5) is 0 Å². The van der Waals surface area contributed by atoms with Crippen LogP contribution in [-0.4, -0.2) is 46.7 Å². The van der Waals surface area contributed by atoms with Gasteiger partial charge in [-0.3, -0.25) is 9.69 Å². The summed E-state index contributed by atoms with van der Waals surface area (Å²) in [5.74, 6) is -0.304. The van der Waals surface area contributed by atoms with Crippen molar-refractivity contribution in [1.82, 2.24) is 9.88 Å². The molecule has 1 aromatic carbocycles. The number of carboxylic acids is 1. The number of hydrogen-bond donors (Lipinski definition) is 1. The van der Waals surface area contributed by atoms with Crippen LogP contribution in [0.2, 0.25) is 0 Å². The van der Waals surface area contributed by atoms with Gasteiger partial charge in [0.05, 0.1) is 5.52 Å². The van der Waals surface area contributed by atoms with E-state index in [1.54, 1.807) is 18.0 Å². The van der Waals surface area contributed by atoms with Crippen molar-refractivity contribution < 1.29 is 14.6 Å². The van der Waals surface area contributed by atoms with Gasteiger partial charge in [0.1, 0.15) is 12.1 Å². The zero-order valence-electron chi connectivity index (χ0n) is 12.8. The van der Waals surface area contributed by atoms with Crippen LogP contribution in [0.15, 0.2) is 36.9 Å². The number of ether oxygens (including phenoxy) is 1. The van der Waals surface area contributed by atoms with Gasteiger partial charge >= 0.3 is 5.97 Å². The normalized spacial score (nSPS) is 20.9. The number of likely N-dealkylation sites (tertiary alicyclic amines) is 1. The molecule has 0 amide bonds. The van der Waals surface area contributed by atoms with Crippen molar-refractivity contribution >= 4 is 35.4 Å². The number of rotatable bonds is 4. The van der Waals surface area contributed by atoms with Gasteiger partial charge in [-0.2, -0.15) is 0 Å². The van der Waals surface area contributed by atoms with Gasteiger partial charge in [-0.25, -0.2) is 4.98 Å². The Bertz CT molecular complexity index is 735. The van der Waals surface area contributed by atoms with Crippen LogP contribution in [0.1, 0.15) is 12.0 Å². The molecule has 0 unspecified atom stereocenters. The minimum absolute atomic E-state index is 0. The third-order valence-electron chi connectivity index (χ3n) is 4.01. The highest BCUT2D eigenvalue weighted by Gasteiger charge is 2.36. The maximum absolute atomic E-state index is 11.2. The minimum atomic E-state index is -0.816. The Morgan fingerprint density at radius 2 is 2.22 bits per heavy atom. The van der Waals surface area contributed by atoms with E-state index < -0.39 is 12.0 Å². The van der Waals surface area contributed by atoms with Crippen LogP contribution in [0.3, 0.4) is 0 Å². The number of aliphatic carboxylic acids is 1. The fourth-order valence-corrected chi connectivity index (χ4v) is 2.84. The van der Waals surface area contributed by atoms with Crippen LogP contribution in [0.5, 0.6) is 5.88 Å². The number of para-hydroxylation sites is 1. The fourth-order valence-electron chi connectivity index (χ4n) is 2.84. The van der Waals surface area contributed by atoms with Crippen LogP contribution >= 0.6 is 12.4 Å². The number of aromatic nitrogens is 1. The molecular formula is C17H19ClN2O3. The first kappa shape index (κ1) is 17.2. The minimum Gasteiger partial charge on any atom is -0.480 e. The molecule has 0 aliphatic carbocycles. The summed E-state index contributed by atoms with van der Waals surface area (Å²) in [7, 11) is 1.80. The largest absolute Gasteiger partial charge is 0.480 e. The molecule has 122 valence electrons. The number of carboxylic acid groups (broad SMARTS) is 1. The van der Waals surface area contributed by atoms with Crippen LogP contribution in [-0.2, 0) is 4.79 Å². The van der Waals surface area contributed by atoms with Gasteiger partial charge in [-0.15, -0.1) is 12.4 Å². The zero-order valence-corrected chi connectivity index (χ0v) is 13.6. The molecule has 3 rings (SSSR count). The Hall–Kier alpha value is -2.11. The van der Waals surface area contributed by atoms with Crippen molar-refractivity contribution in [2.24, 2.45) is 0 Å². The second-order valence-corrected chi connectivity index (χ2v) is 5.55. The quantitative estimate of drug-likeness (QED) is 0.931. The van der Waals surface area contributed by atoms with Gasteiger partial charge in [-0.05, 0) is 19.2 Å². The topological polar surface area (TPSA) is 62.7 Å². The molecule has 1 aliphatic rings. The molecule has 2 heterocycles. The van der Waals surface area contributed by atoms with E-state index in [1.807, 2.05) is 30.3 Å². The number of pyridine rings is 1. The van der Waals surface area contributed by atoms with Crippen molar-refractivity contribution in [3.63, 3.8) is 0 Å². The molecule has 23 heavy (non-hydrogen) atoms. The SMILES string of the molecule is C=Cc1cc2ccccc2nc1O[C@@H]1C[C@@H](C(=O)O)N(C)C1.Cl. The van der Waals surface area contributed by atoms with Gasteiger partial charge < -0.3 is 9.84 Å². The summed E-state index contributed by atoms with van der Waals surface area (Å²) in [4.78, 5) is 17.5. The molecule has 2 aromatic rings. The summed E-state index contributed by atoms with van der Waals surface area (Å²) >= 11 is 0. The first-order valence-corrected chi connectivity index (χ1v) is 7.20. The Labute approximate surface area is 141 Å². The first-order valence-electron chi connectivity index (χ1n) is 7.20. The number of nitrogens with zero attached hydrogens (tertiary/aromatic N) is 2. The zero-order chi connectivity index (χ0) is 15.7. The molecular weight excluding hydrogens is 316 g/mol. The second-order valence-electron chi connectivity index (χ2n) is 5.55. The average Bonchev–Trinajstić information content (AvgIpc) is 2.87. The number of likely N-dealkylation sites (N-methyl/N-ethyl adjacent to an activating group) is 1. The van der Waals surface area contributed by atoms with Gasteiger partial charge in [-0.1, -0.05) is 30.9 Å². The average molecular weight is 335 g/mol. The Morgan fingerprint density at radius 3 is 2.87 bits per heavy atom. The number of benzene rings is 1. The summed E-state index contributed by atoms with van der Waals surface area (Å²) < 4.78 is 5.97. The lowest BCUT2D eigenvalue weighted by atomic mass is 10.1. The molecule has 1 aromatic heterocycles. The molecule has 6 heteroatoms. The molecule has 0 spiro atoms. The molecule has 1 saturated heterocycles. The van der Waals surface area contributed by atoms with Crippen molar-refractivity contribution in [2.75, 3.05) is 13.6 Å². The van der Waals surface area contributed by atoms with Gasteiger partial charge in [0, 0.05) is 23.9 Å².